The molecule has 1 heterocycles. The molecular formula is C21H20Cl2SiZr. The van der Waals surface area contributed by atoms with Crippen LogP contribution in [0, 0.1) is 0 Å². The molecule has 2 radical (unpaired) electrons. The molecule has 1 fully saturated rings. The monoisotopic (exact) mass is 460 g/mol. The molecule has 1 saturated heterocycles. The van der Waals surface area contributed by atoms with Crippen molar-refractivity contribution in [3.05, 3.63) is 84.9 Å². The van der Waals surface area contributed by atoms with E-state index in [0.29, 0.717) is 0 Å². The molecule has 5 rings (SSSR count). The van der Waals surface area contributed by atoms with Crippen LogP contribution in [0.1, 0.15) is 6.42 Å². The average Bonchev–Trinajstić information content (AvgIpc) is 3.23. The molecule has 0 spiro atoms. The molecule has 0 aromatic heterocycles. The van der Waals surface area contributed by atoms with Gasteiger partial charge in [0.15, 0.2) is 0 Å². The van der Waals surface area contributed by atoms with Crippen LogP contribution in [0.25, 0.3) is 21.5 Å². The molecule has 0 atom stereocenters. The first kappa shape index (κ1) is 20.6. The quantitative estimate of drug-likeness (QED) is 0.188. The van der Waals surface area contributed by atoms with Crippen molar-refractivity contribution < 1.29 is 20.8 Å². The molecule has 0 unspecified atom stereocenters. The van der Waals surface area contributed by atoms with Crippen LogP contribution in [0.5, 0.6) is 0 Å². The van der Waals surface area contributed by atoms with Crippen molar-refractivity contribution in [3.8, 4) is 0 Å². The zero-order chi connectivity index (χ0) is 17.7. The minimum atomic E-state index is -0.826. The first-order valence-corrected chi connectivity index (χ1v) is 16.0. The maximum Gasteiger partial charge on any atom is -0.0809 e. The van der Waals surface area contributed by atoms with Crippen LogP contribution in [0.15, 0.2) is 84.9 Å². The van der Waals surface area contributed by atoms with Crippen molar-refractivity contribution in [1.82, 2.24) is 0 Å². The summed E-state index contributed by atoms with van der Waals surface area (Å²) in [5.74, 6) is 0. The maximum absolute atomic E-state index is 4.93. The normalized spacial score (nSPS) is 11.6. The van der Waals surface area contributed by atoms with Crippen LogP contribution in [0.2, 0.25) is 12.1 Å². The first-order valence-electron chi connectivity index (χ1n) is 8.23. The van der Waals surface area contributed by atoms with Gasteiger partial charge in [0.05, 0.1) is 0 Å². The van der Waals surface area contributed by atoms with Crippen LogP contribution in [0.3, 0.4) is 0 Å². The van der Waals surface area contributed by atoms with Crippen LogP contribution in [-0.4, -0.2) is 9.52 Å². The van der Waals surface area contributed by atoms with Crippen LogP contribution in [-0.2, 0) is 20.8 Å². The second kappa shape index (κ2) is 12.7. The summed E-state index contributed by atoms with van der Waals surface area (Å²) in [4.78, 5) is 0. The number of rotatable bonds is 0. The molecular weight excluding hydrogens is 442 g/mol. The van der Waals surface area contributed by atoms with E-state index in [1.807, 2.05) is 0 Å². The van der Waals surface area contributed by atoms with E-state index in [1.54, 1.807) is 0 Å². The Bertz CT molecular complexity index is 703. The van der Waals surface area contributed by atoms with Gasteiger partial charge in [0.1, 0.15) is 0 Å². The smallest absolute Gasteiger partial charge is 0.0809 e. The third-order valence-corrected chi connectivity index (χ3v) is 5.22. The topological polar surface area (TPSA) is 0 Å². The van der Waals surface area contributed by atoms with Crippen molar-refractivity contribution in [1.29, 1.82) is 0 Å². The Morgan fingerprint density at radius 3 is 1.40 bits per heavy atom. The van der Waals surface area contributed by atoms with Gasteiger partial charge >= 0.3 is 37.9 Å². The number of benzene rings is 2. The van der Waals surface area contributed by atoms with Crippen molar-refractivity contribution in [3.63, 3.8) is 0 Å². The van der Waals surface area contributed by atoms with Gasteiger partial charge in [-0.15, -0.1) is 59.3 Å². The summed E-state index contributed by atoms with van der Waals surface area (Å²) in [6.45, 7) is 0. The summed E-state index contributed by atoms with van der Waals surface area (Å²) in [6, 6.07) is 32.4. The fourth-order valence-corrected chi connectivity index (χ4v) is 2.67. The van der Waals surface area contributed by atoms with E-state index < -0.39 is 20.8 Å². The van der Waals surface area contributed by atoms with Gasteiger partial charge in [0, 0.05) is 9.52 Å². The van der Waals surface area contributed by atoms with Crippen LogP contribution in [0.4, 0.5) is 0 Å². The predicted molar refractivity (Wildman–Crippen MR) is 111 cm³/mol. The largest absolute Gasteiger partial charge is 0.168 e. The van der Waals surface area contributed by atoms with E-state index in [9.17, 15) is 0 Å². The minimum absolute atomic E-state index is 0.826. The van der Waals surface area contributed by atoms with Gasteiger partial charge in [-0.25, -0.2) is 0 Å². The molecule has 0 nitrogen and oxygen atoms in total. The number of fused-ring (bicyclic) bond motifs is 2. The van der Waals surface area contributed by atoms with Crippen molar-refractivity contribution in [2.24, 2.45) is 0 Å². The molecule has 25 heavy (non-hydrogen) atoms. The molecule has 4 aromatic rings. The van der Waals surface area contributed by atoms with E-state index in [1.165, 1.54) is 49.6 Å². The number of hydrogen-bond donors (Lipinski definition) is 0. The SMILES string of the molecule is C1C[Si]C1.[Cl][Zr+2][Cl].c1ccc2[cH-]ccc2c1.c1ccc2[cH-]ccc2c1. The summed E-state index contributed by atoms with van der Waals surface area (Å²) < 4.78 is 0. The van der Waals surface area contributed by atoms with Crippen LogP contribution >= 0.6 is 17.0 Å². The van der Waals surface area contributed by atoms with Gasteiger partial charge in [0.25, 0.3) is 0 Å². The molecule has 0 aliphatic carbocycles. The fraction of sp³-hybridized carbons (Fsp3) is 0.143. The third-order valence-electron chi connectivity index (χ3n) is 3.80. The summed E-state index contributed by atoms with van der Waals surface area (Å²) in [5.41, 5.74) is 0. The van der Waals surface area contributed by atoms with Crippen molar-refractivity contribution in [2.45, 2.75) is 18.5 Å². The molecule has 4 aromatic carbocycles. The second-order valence-corrected chi connectivity index (χ2v) is 10.7. The Morgan fingerprint density at radius 1 is 0.720 bits per heavy atom. The number of halogens is 2. The zero-order valence-corrected chi connectivity index (χ0v) is 18.9. The van der Waals surface area contributed by atoms with Crippen molar-refractivity contribution in [2.75, 3.05) is 0 Å². The third kappa shape index (κ3) is 7.62. The molecule has 0 N–H and O–H groups in total. The van der Waals surface area contributed by atoms with Gasteiger partial charge in [-0.05, 0) is 0 Å². The summed E-state index contributed by atoms with van der Waals surface area (Å²) in [6.07, 6.45) is 1.51. The van der Waals surface area contributed by atoms with Crippen LogP contribution < -0.4 is 0 Å². The molecule has 0 amide bonds. The molecule has 126 valence electrons. The van der Waals surface area contributed by atoms with Gasteiger partial charge < -0.3 is 0 Å². The Labute approximate surface area is 171 Å². The molecule has 0 bridgehead atoms. The first-order chi connectivity index (χ1) is 12.3. The van der Waals surface area contributed by atoms with E-state index in [0.717, 1.165) is 0 Å². The Morgan fingerprint density at radius 2 is 1.08 bits per heavy atom. The molecule has 1 aliphatic rings. The minimum Gasteiger partial charge on any atom is -0.168 e. The maximum atomic E-state index is 4.93. The zero-order valence-electron chi connectivity index (χ0n) is 14.0. The van der Waals surface area contributed by atoms with Gasteiger partial charge in [-0.1, -0.05) is 30.6 Å². The summed E-state index contributed by atoms with van der Waals surface area (Å²) in [5, 5.41) is 5.32. The number of hydrogen-bond acceptors (Lipinski definition) is 0. The van der Waals surface area contributed by atoms with E-state index in [4.69, 9.17) is 17.0 Å². The Hall–Kier alpha value is -0.660. The molecule has 0 saturated carbocycles. The van der Waals surface area contributed by atoms with Crippen molar-refractivity contribution >= 4 is 48.1 Å². The molecule has 4 heteroatoms. The summed E-state index contributed by atoms with van der Waals surface area (Å²) in [7, 11) is 11.2. The average molecular weight is 463 g/mol. The van der Waals surface area contributed by atoms with Gasteiger partial charge in [-0.2, -0.15) is 35.0 Å². The summed E-state index contributed by atoms with van der Waals surface area (Å²) >= 11 is -0.826. The van der Waals surface area contributed by atoms with Gasteiger partial charge in [-0.3, -0.25) is 0 Å². The Balaban J connectivity index is 0.000000133. The van der Waals surface area contributed by atoms with E-state index >= 15 is 0 Å². The fourth-order valence-electron chi connectivity index (χ4n) is 2.32. The second-order valence-electron chi connectivity index (χ2n) is 5.48. The Kier molecular flexibility index (Phi) is 10.5. The van der Waals surface area contributed by atoms with E-state index in [-0.39, 0.29) is 0 Å². The van der Waals surface area contributed by atoms with E-state index in [2.05, 4.69) is 84.9 Å². The van der Waals surface area contributed by atoms with Gasteiger partial charge in [0.2, 0.25) is 0 Å². The molecule has 1 aliphatic heterocycles. The standard InChI is InChI=1S/2C9H7.C3H6Si.2ClH.Zr/c2*1-2-5-9-7-3-6-8(9)4-1;1-2-4-3-1;;;/h2*1-7H;1-3H2;2*1H;/q2*-1;;;;+4/p-2. The predicted octanol–water partition coefficient (Wildman–Crippen LogP) is 7.42.